The summed E-state index contributed by atoms with van der Waals surface area (Å²) in [5, 5.41) is 0. The number of nitrogens with zero attached hydrogens (tertiary/aromatic N) is 2. The fourth-order valence-corrected chi connectivity index (χ4v) is 2.80. The summed E-state index contributed by atoms with van der Waals surface area (Å²) in [6.45, 7) is 6.21. The van der Waals surface area contributed by atoms with Crippen LogP contribution in [0.4, 0.5) is 5.82 Å². The molecule has 2 rings (SSSR count). The first-order valence-corrected chi connectivity index (χ1v) is 7.90. The summed E-state index contributed by atoms with van der Waals surface area (Å²) in [6.07, 6.45) is 0.854. The lowest BCUT2D eigenvalue weighted by Gasteiger charge is -2.10. The largest absolute Gasteiger partial charge is 0.383 e. The van der Waals surface area contributed by atoms with Gasteiger partial charge < -0.3 is 5.73 Å². The molecular weight excluding hydrogens is 417 g/mol. The number of rotatable bonds is 2. The van der Waals surface area contributed by atoms with Crippen LogP contribution in [0.25, 0.3) is 11.4 Å². The molecule has 0 aliphatic rings. The third kappa shape index (κ3) is 2.91. The van der Waals surface area contributed by atoms with Gasteiger partial charge in [-0.2, -0.15) is 0 Å². The SMILES string of the molecule is CCc1nc(-c2cc(C)c(Br)c(C)c2)nc(N)c1I. The Balaban J connectivity index is 2.62. The van der Waals surface area contributed by atoms with Gasteiger partial charge >= 0.3 is 0 Å². The number of aromatic nitrogens is 2. The molecule has 0 saturated heterocycles. The van der Waals surface area contributed by atoms with Crippen molar-refractivity contribution < 1.29 is 0 Å². The van der Waals surface area contributed by atoms with Crippen LogP contribution in [0.5, 0.6) is 0 Å². The first kappa shape index (κ1) is 14.7. The van der Waals surface area contributed by atoms with Gasteiger partial charge in [0.15, 0.2) is 5.82 Å². The minimum absolute atomic E-state index is 0.556. The first-order valence-electron chi connectivity index (χ1n) is 6.03. The van der Waals surface area contributed by atoms with E-state index in [-0.39, 0.29) is 0 Å². The van der Waals surface area contributed by atoms with Gasteiger partial charge in [-0.05, 0) is 66.1 Å². The van der Waals surface area contributed by atoms with Gasteiger partial charge in [0.25, 0.3) is 0 Å². The molecule has 5 heteroatoms. The maximum Gasteiger partial charge on any atom is 0.161 e. The average Bonchev–Trinajstić information content (AvgIpc) is 2.38. The van der Waals surface area contributed by atoms with Crippen molar-refractivity contribution in [3.05, 3.63) is 37.0 Å². The lowest BCUT2D eigenvalue weighted by Crippen LogP contribution is -2.04. The molecule has 1 aromatic heterocycles. The van der Waals surface area contributed by atoms with E-state index in [1.165, 1.54) is 11.1 Å². The van der Waals surface area contributed by atoms with E-state index in [0.717, 1.165) is 25.7 Å². The van der Waals surface area contributed by atoms with Crippen molar-refractivity contribution >= 4 is 44.3 Å². The van der Waals surface area contributed by atoms with E-state index < -0.39 is 0 Å². The van der Waals surface area contributed by atoms with Crippen LogP contribution in [0, 0.1) is 17.4 Å². The van der Waals surface area contributed by atoms with Gasteiger partial charge in [0.05, 0.1) is 9.26 Å². The molecule has 19 heavy (non-hydrogen) atoms. The molecule has 0 saturated carbocycles. The molecule has 0 bridgehead atoms. The number of nitrogens with two attached hydrogens (primary N) is 1. The molecule has 0 aliphatic heterocycles. The third-order valence-electron chi connectivity index (χ3n) is 2.97. The molecule has 0 fully saturated rings. The number of halogens is 2. The van der Waals surface area contributed by atoms with Gasteiger partial charge in [0.1, 0.15) is 5.82 Å². The van der Waals surface area contributed by atoms with Gasteiger partial charge in [-0.25, -0.2) is 9.97 Å². The van der Waals surface area contributed by atoms with Crippen molar-refractivity contribution in [1.82, 2.24) is 9.97 Å². The summed E-state index contributed by atoms with van der Waals surface area (Å²) in [4.78, 5) is 9.03. The zero-order valence-corrected chi connectivity index (χ0v) is 14.8. The van der Waals surface area contributed by atoms with E-state index in [1.807, 2.05) is 0 Å². The number of nitrogen functional groups attached to an aromatic ring is 1. The highest BCUT2D eigenvalue weighted by molar-refractivity contribution is 14.1. The van der Waals surface area contributed by atoms with Crippen molar-refractivity contribution in [2.75, 3.05) is 5.73 Å². The third-order valence-corrected chi connectivity index (χ3v) is 5.40. The normalized spacial score (nSPS) is 10.8. The van der Waals surface area contributed by atoms with Crippen LogP contribution in [-0.2, 0) is 6.42 Å². The predicted octanol–water partition coefficient (Wildman–Crippen LogP) is 4.27. The highest BCUT2D eigenvalue weighted by Crippen LogP contribution is 2.28. The Morgan fingerprint density at radius 2 is 1.79 bits per heavy atom. The molecule has 3 nitrogen and oxygen atoms in total. The van der Waals surface area contributed by atoms with E-state index in [2.05, 4.69) is 81.4 Å². The Kier molecular flexibility index (Phi) is 4.45. The fourth-order valence-electron chi connectivity index (χ4n) is 1.95. The van der Waals surface area contributed by atoms with Crippen LogP contribution >= 0.6 is 38.5 Å². The minimum Gasteiger partial charge on any atom is -0.383 e. The van der Waals surface area contributed by atoms with Crippen LogP contribution < -0.4 is 5.73 Å². The van der Waals surface area contributed by atoms with E-state index in [4.69, 9.17) is 5.73 Å². The fraction of sp³-hybridized carbons (Fsp3) is 0.286. The van der Waals surface area contributed by atoms with Gasteiger partial charge in [-0.1, -0.05) is 22.9 Å². The second kappa shape index (κ2) is 5.75. The van der Waals surface area contributed by atoms with Gasteiger partial charge in [-0.3, -0.25) is 0 Å². The molecule has 0 unspecified atom stereocenters. The molecule has 0 aliphatic carbocycles. The Labute approximate surface area is 135 Å². The lowest BCUT2D eigenvalue weighted by atomic mass is 10.1. The van der Waals surface area contributed by atoms with E-state index in [9.17, 15) is 0 Å². The van der Waals surface area contributed by atoms with Crippen molar-refractivity contribution in [1.29, 1.82) is 0 Å². The summed E-state index contributed by atoms with van der Waals surface area (Å²) < 4.78 is 2.08. The zero-order valence-electron chi connectivity index (χ0n) is 11.1. The first-order chi connectivity index (χ1) is 8.93. The Morgan fingerprint density at radius 1 is 1.21 bits per heavy atom. The second-order valence-electron chi connectivity index (χ2n) is 4.47. The molecule has 1 aromatic carbocycles. The molecule has 0 radical (unpaired) electrons. The van der Waals surface area contributed by atoms with Crippen LogP contribution in [0.2, 0.25) is 0 Å². The summed E-state index contributed by atoms with van der Waals surface area (Å²) in [5.41, 5.74) is 10.3. The zero-order chi connectivity index (χ0) is 14.2. The molecule has 2 N–H and O–H groups in total. The maximum absolute atomic E-state index is 5.97. The Hall–Kier alpha value is -0.690. The quantitative estimate of drug-likeness (QED) is 0.722. The van der Waals surface area contributed by atoms with E-state index in [1.54, 1.807) is 0 Å². The second-order valence-corrected chi connectivity index (χ2v) is 6.34. The number of aryl methyl sites for hydroxylation is 3. The number of hydrogen-bond acceptors (Lipinski definition) is 3. The predicted molar refractivity (Wildman–Crippen MR) is 91.1 cm³/mol. The van der Waals surface area contributed by atoms with E-state index >= 15 is 0 Å². The molecule has 0 amide bonds. The number of anilines is 1. The van der Waals surface area contributed by atoms with Crippen molar-refractivity contribution in [3.8, 4) is 11.4 Å². The standard InChI is InChI=1S/C14H15BrIN3/c1-4-10-12(16)13(17)19-14(18-10)9-5-7(2)11(15)8(3)6-9/h5-6H,4H2,1-3H3,(H2,17,18,19). The summed E-state index contributed by atoms with van der Waals surface area (Å²) in [6, 6.07) is 4.16. The Morgan fingerprint density at radius 3 is 2.32 bits per heavy atom. The van der Waals surface area contributed by atoms with Crippen molar-refractivity contribution in [3.63, 3.8) is 0 Å². The monoisotopic (exact) mass is 431 g/mol. The van der Waals surface area contributed by atoms with Crippen molar-refractivity contribution in [2.24, 2.45) is 0 Å². The van der Waals surface area contributed by atoms with Gasteiger partial charge in [-0.15, -0.1) is 0 Å². The van der Waals surface area contributed by atoms with Crippen molar-refractivity contribution in [2.45, 2.75) is 27.2 Å². The van der Waals surface area contributed by atoms with Gasteiger partial charge in [0, 0.05) is 10.0 Å². The summed E-state index contributed by atoms with van der Waals surface area (Å²) in [5.74, 6) is 1.26. The number of benzene rings is 1. The molecular formula is C14H15BrIN3. The lowest BCUT2D eigenvalue weighted by molar-refractivity contribution is 0.993. The van der Waals surface area contributed by atoms with Gasteiger partial charge in [0.2, 0.25) is 0 Å². The summed E-state index contributed by atoms with van der Waals surface area (Å²) in [7, 11) is 0. The van der Waals surface area contributed by atoms with Crippen LogP contribution in [0.3, 0.4) is 0 Å². The van der Waals surface area contributed by atoms with Crippen LogP contribution in [0.15, 0.2) is 16.6 Å². The Bertz CT molecular complexity index is 618. The van der Waals surface area contributed by atoms with Crippen LogP contribution in [0.1, 0.15) is 23.7 Å². The smallest absolute Gasteiger partial charge is 0.161 e. The molecule has 1 heterocycles. The average molecular weight is 432 g/mol. The maximum atomic E-state index is 5.97. The molecule has 2 aromatic rings. The highest BCUT2D eigenvalue weighted by atomic mass is 127. The van der Waals surface area contributed by atoms with E-state index in [0.29, 0.717) is 11.6 Å². The topological polar surface area (TPSA) is 51.8 Å². The summed E-state index contributed by atoms with van der Waals surface area (Å²) >= 11 is 5.78. The number of hydrogen-bond donors (Lipinski definition) is 1. The van der Waals surface area contributed by atoms with Crippen LogP contribution in [-0.4, -0.2) is 9.97 Å². The molecule has 0 spiro atoms. The molecule has 100 valence electrons. The molecule has 0 atom stereocenters. The highest BCUT2D eigenvalue weighted by Gasteiger charge is 2.12. The minimum atomic E-state index is 0.556.